The third-order valence-electron chi connectivity index (χ3n) is 9.38. The lowest BCUT2D eigenvalue weighted by Gasteiger charge is -2.36. The van der Waals surface area contributed by atoms with Gasteiger partial charge in [-0.2, -0.15) is 0 Å². The number of nitrogens with zero attached hydrogens (tertiary/aromatic N) is 3. The number of para-hydroxylation sites is 1. The van der Waals surface area contributed by atoms with Crippen LogP contribution in [0, 0.1) is 5.92 Å². The summed E-state index contributed by atoms with van der Waals surface area (Å²) in [7, 11) is 0. The standard InChI is InChI=1S/C35H35N3O5/c1-2-35(43-31(39)14-17-37-15-12-24(13-16-37)18-23-8-4-3-5-9-23)28-20-30-32-26(19-25-10-6-7-11-29(25)36-32)21-38(30)33(40)27(28)22-42-34(35)41/h3-11,19-20,24H,2,12-18,21-22H2,1H3. The number of aromatic nitrogens is 2. The van der Waals surface area contributed by atoms with Gasteiger partial charge in [0.1, 0.15) is 6.61 Å². The maximum Gasteiger partial charge on any atom is 0.355 e. The van der Waals surface area contributed by atoms with Gasteiger partial charge in [-0.15, -0.1) is 0 Å². The number of carbonyl (C=O) groups excluding carboxylic acids is 2. The monoisotopic (exact) mass is 577 g/mol. The quantitative estimate of drug-likeness (QED) is 0.252. The number of ether oxygens (including phenoxy) is 2. The number of hydrogen-bond acceptors (Lipinski definition) is 7. The number of piperidine rings is 1. The number of esters is 2. The van der Waals surface area contributed by atoms with Gasteiger partial charge in [-0.3, -0.25) is 9.59 Å². The van der Waals surface area contributed by atoms with Crippen molar-refractivity contribution in [2.45, 2.75) is 57.8 Å². The maximum atomic E-state index is 13.7. The molecule has 1 unspecified atom stereocenters. The summed E-state index contributed by atoms with van der Waals surface area (Å²) < 4.78 is 13.2. The predicted octanol–water partition coefficient (Wildman–Crippen LogP) is 4.98. The first-order chi connectivity index (χ1) is 20.9. The van der Waals surface area contributed by atoms with Crippen LogP contribution in [-0.4, -0.2) is 46.0 Å². The molecule has 4 aromatic rings. The largest absolute Gasteiger partial charge is 0.457 e. The van der Waals surface area contributed by atoms with Gasteiger partial charge in [-0.1, -0.05) is 55.5 Å². The van der Waals surface area contributed by atoms with Gasteiger partial charge in [-0.05, 0) is 68.5 Å². The fraction of sp³-hybridized carbons (Fsp3) is 0.371. The van der Waals surface area contributed by atoms with Crippen molar-refractivity contribution in [1.82, 2.24) is 14.5 Å². The highest BCUT2D eigenvalue weighted by molar-refractivity contribution is 5.88. The first-order valence-electron chi connectivity index (χ1n) is 15.3. The molecule has 0 bridgehead atoms. The molecule has 1 fully saturated rings. The highest BCUT2D eigenvalue weighted by Crippen LogP contribution is 2.41. The molecule has 7 rings (SSSR count). The molecule has 1 atom stereocenters. The van der Waals surface area contributed by atoms with E-state index in [1.54, 1.807) is 11.5 Å². The van der Waals surface area contributed by atoms with Crippen molar-refractivity contribution in [2.24, 2.45) is 5.92 Å². The van der Waals surface area contributed by atoms with Crippen LogP contribution in [0.3, 0.4) is 0 Å². The molecule has 8 nitrogen and oxygen atoms in total. The van der Waals surface area contributed by atoms with Crippen LogP contribution in [0.15, 0.2) is 71.5 Å². The van der Waals surface area contributed by atoms with Crippen LogP contribution < -0.4 is 5.56 Å². The molecule has 0 N–H and O–H groups in total. The summed E-state index contributed by atoms with van der Waals surface area (Å²) in [6.07, 6.45) is 3.58. The lowest BCUT2D eigenvalue weighted by Crippen LogP contribution is -2.47. The van der Waals surface area contributed by atoms with Crippen molar-refractivity contribution >= 4 is 22.8 Å². The summed E-state index contributed by atoms with van der Waals surface area (Å²) in [5.41, 5.74) is 3.35. The summed E-state index contributed by atoms with van der Waals surface area (Å²) in [5.74, 6) is -0.462. The van der Waals surface area contributed by atoms with E-state index in [-0.39, 0.29) is 25.0 Å². The van der Waals surface area contributed by atoms with E-state index in [4.69, 9.17) is 14.5 Å². The Hall–Kier alpha value is -4.30. The molecule has 3 aliphatic heterocycles. The van der Waals surface area contributed by atoms with E-state index in [1.807, 2.05) is 36.4 Å². The van der Waals surface area contributed by atoms with E-state index in [9.17, 15) is 14.4 Å². The molecule has 1 saturated heterocycles. The van der Waals surface area contributed by atoms with Crippen LogP contribution in [0.4, 0.5) is 0 Å². The first-order valence-corrected chi connectivity index (χ1v) is 15.3. The highest BCUT2D eigenvalue weighted by Gasteiger charge is 2.50. The molecular weight excluding hydrogens is 542 g/mol. The number of rotatable bonds is 7. The minimum absolute atomic E-state index is 0.143. The zero-order chi connectivity index (χ0) is 29.6. The van der Waals surface area contributed by atoms with E-state index in [1.165, 1.54) is 5.56 Å². The number of hydrogen-bond donors (Lipinski definition) is 0. The Morgan fingerprint density at radius 2 is 1.81 bits per heavy atom. The third kappa shape index (κ3) is 4.93. The summed E-state index contributed by atoms with van der Waals surface area (Å²) in [6.45, 7) is 4.46. The van der Waals surface area contributed by atoms with Gasteiger partial charge in [0.05, 0.1) is 35.4 Å². The summed E-state index contributed by atoms with van der Waals surface area (Å²) in [5, 5.41) is 1.00. The average Bonchev–Trinajstić information content (AvgIpc) is 3.39. The third-order valence-corrected chi connectivity index (χ3v) is 9.38. The molecule has 2 aromatic heterocycles. The van der Waals surface area contributed by atoms with E-state index >= 15 is 0 Å². The molecule has 43 heavy (non-hydrogen) atoms. The number of pyridine rings is 2. The van der Waals surface area contributed by atoms with Gasteiger partial charge in [-0.25, -0.2) is 9.78 Å². The second-order valence-corrected chi connectivity index (χ2v) is 12.0. The second-order valence-electron chi connectivity index (χ2n) is 12.0. The van der Waals surface area contributed by atoms with Gasteiger partial charge in [0.2, 0.25) is 5.60 Å². The van der Waals surface area contributed by atoms with Gasteiger partial charge in [0, 0.05) is 23.1 Å². The van der Waals surface area contributed by atoms with Crippen LogP contribution in [0.1, 0.15) is 54.9 Å². The molecule has 2 aromatic carbocycles. The lowest BCUT2D eigenvalue weighted by atomic mass is 9.85. The first kappa shape index (κ1) is 27.5. The van der Waals surface area contributed by atoms with Crippen molar-refractivity contribution in [1.29, 1.82) is 0 Å². The minimum Gasteiger partial charge on any atom is -0.457 e. The Balaban J connectivity index is 1.09. The maximum absolute atomic E-state index is 13.7. The normalized spacial score (nSPS) is 19.9. The molecule has 0 radical (unpaired) electrons. The Bertz CT molecular complexity index is 1770. The molecule has 220 valence electrons. The van der Waals surface area contributed by atoms with Gasteiger partial charge < -0.3 is 18.9 Å². The Morgan fingerprint density at radius 3 is 2.60 bits per heavy atom. The van der Waals surface area contributed by atoms with Crippen LogP contribution in [0.25, 0.3) is 22.3 Å². The Kier molecular flexibility index (Phi) is 7.09. The topological polar surface area (TPSA) is 90.7 Å². The zero-order valence-corrected chi connectivity index (χ0v) is 24.4. The van der Waals surface area contributed by atoms with E-state index < -0.39 is 17.5 Å². The van der Waals surface area contributed by atoms with Crippen molar-refractivity contribution in [3.63, 3.8) is 0 Å². The van der Waals surface area contributed by atoms with Crippen LogP contribution in [0.2, 0.25) is 0 Å². The zero-order valence-electron chi connectivity index (χ0n) is 24.4. The molecule has 0 spiro atoms. The number of benzene rings is 2. The van der Waals surface area contributed by atoms with E-state index in [2.05, 4.69) is 35.2 Å². The molecule has 5 heterocycles. The highest BCUT2D eigenvalue weighted by atomic mass is 16.6. The van der Waals surface area contributed by atoms with E-state index in [0.717, 1.165) is 48.8 Å². The number of carbonyl (C=O) groups is 2. The van der Waals surface area contributed by atoms with Crippen molar-refractivity contribution in [2.75, 3.05) is 19.6 Å². The fourth-order valence-corrected chi connectivity index (χ4v) is 6.94. The SMILES string of the molecule is CCC1(OC(=O)CCN2CCC(Cc3ccccc3)CC2)C(=O)OCc2c1cc1n(c2=O)Cc2cc3ccccc3nc2-1. The van der Waals surface area contributed by atoms with E-state index in [0.29, 0.717) is 41.5 Å². The number of likely N-dealkylation sites (tertiary alicyclic amines) is 1. The molecule has 0 amide bonds. The average molecular weight is 578 g/mol. The van der Waals surface area contributed by atoms with Gasteiger partial charge in [0.15, 0.2) is 0 Å². The fourth-order valence-electron chi connectivity index (χ4n) is 6.94. The van der Waals surface area contributed by atoms with Crippen LogP contribution >= 0.6 is 0 Å². The van der Waals surface area contributed by atoms with Gasteiger partial charge >= 0.3 is 11.9 Å². The summed E-state index contributed by atoms with van der Waals surface area (Å²) in [4.78, 5) is 47.5. The molecule has 8 heteroatoms. The molecule has 3 aliphatic rings. The molecule has 0 aliphatic carbocycles. The second kappa shape index (κ2) is 11.1. The molecular formula is C35H35N3O5. The summed E-state index contributed by atoms with van der Waals surface area (Å²) >= 11 is 0. The van der Waals surface area contributed by atoms with Crippen molar-refractivity contribution in [3.05, 3.63) is 99.3 Å². The Morgan fingerprint density at radius 1 is 1.05 bits per heavy atom. The van der Waals surface area contributed by atoms with Crippen LogP contribution in [-0.2, 0) is 44.2 Å². The Labute approximate surface area is 250 Å². The lowest BCUT2D eigenvalue weighted by molar-refractivity contribution is -0.189. The summed E-state index contributed by atoms with van der Waals surface area (Å²) in [6, 6.07) is 22.3. The smallest absolute Gasteiger partial charge is 0.355 e. The van der Waals surface area contributed by atoms with Crippen LogP contribution in [0.5, 0.6) is 0 Å². The van der Waals surface area contributed by atoms with Crippen molar-refractivity contribution < 1.29 is 19.1 Å². The molecule has 0 saturated carbocycles. The van der Waals surface area contributed by atoms with Gasteiger partial charge in [0.25, 0.3) is 5.56 Å². The number of fused-ring (bicyclic) bond motifs is 5. The predicted molar refractivity (Wildman–Crippen MR) is 162 cm³/mol. The minimum atomic E-state index is -1.66. The number of cyclic esters (lactones) is 1. The van der Waals surface area contributed by atoms with Crippen molar-refractivity contribution in [3.8, 4) is 11.4 Å².